The molecular formula is C30H35N5O2. The van der Waals surface area contributed by atoms with E-state index in [1.807, 2.05) is 12.1 Å². The molecule has 3 heterocycles. The number of urea groups is 1. The molecule has 1 saturated carbocycles. The molecule has 0 spiro atoms. The highest BCUT2D eigenvalue weighted by atomic mass is 16.2. The zero-order valence-corrected chi connectivity index (χ0v) is 21.1. The summed E-state index contributed by atoms with van der Waals surface area (Å²) in [6.45, 7) is 0.760. The van der Waals surface area contributed by atoms with Crippen LogP contribution in [0.25, 0.3) is 0 Å². The summed E-state index contributed by atoms with van der Waals surface area (Å²) < 4.78 is 0. The molecule has 1 aromatic carbocycles. The van der Waals surface area contributed by atoms with Crippen molar-refractivity contribution < 1.29 is 9.59 Å². The smallest absolute Gasteiger partial charge is 0.320 e. The molecule has 2 fully saturated rings. The van der Waals surface area contributed by atoms with Crippen molar-refractivity contribution in [3.8, 4) is 0 Å². The van der Waals surface area contributed by atoms with Gasteiger partial charge in [0.15, 0.2) is 0 Å². The van der Waals surface area contributed by atoms with Gasteiger partial charge < -0.3 is 15.5 Å². The highest BCUT2D eigenvalue weighted by Crippen LogP contribution is 2.49. The Morgan fingerprint density at radius 1 is 1.00 bits per heavy atom. The lowest BCUT2D eigenvalue weighted by Gasteiger charge is -2.44. The third kappa shape index (κ3) is 4.75. The first-order valence-corrected chi connectivity index (χ1v) is 13.7. The predicted molar refractivity (Wildman–Crippen MR) is 145 cm³/mol. The fourth-order valence-corrected chi connectivity index (χ4v) is 6.87. The zero-order chi connectivity index (χ0) is 25.2. The third-order valence-electron chi connectivity index (χ3n) is 8.57. The van der Waals surface area contributed by atoms with Gasteiger partial charge in [0.05, 0.1) is 12.0 Å². The van der Waals surface area contributed by atoms with Gasteiger partial charge in [-0.25, -0.2) is 9.78 Å². The predicted octanol–water partition coefficient (Wildman–Crippen LogP) is 5.28. The molecule has 7 nitrogen and oxygen atoms in total. The summed E-state index contributed by atoms with van der Waals surface area (Å²) in [6.07, 6.45) is 16.1. The number of allylic oxidation sites excluding steroid dienone is 3. The zero-order valence-electron chi connectivity index (χ0n) is 21.1. The van der Waals surface area contributed by atoms with Gasteiger partial charge in [-0.1, -0.05) is 61.4 Å². The van der Waals surface area contributed by atoms with Crippen LogP contribution in [0.3, 0.4) is 0 Å². The molecule has 6 rings (SSSR count). The lowest BCUT2D eigenvalue weighted by atomic mass is 9.75. The van der Waals surface area contributed by atoms with Gasteiger partial charge in [-0.15, -0.1) is 0 Å². The summed E-state index contributed by atoms with van der Waals surface area (Å²) in [4.78, 5) is 33.3. The molecule has 3 N–H and O–H groups in total. The maximum absolute atomic E-state index is 14.2. The molecule has 37 heavy (non-hydrogen) atoms. The molecule has 3 amide bonds. The first kappa shape index (κ1) is 23.8. The quantitative estimate of drug-likeness (QED) is 0.537. The number of anilines is 2. The average Bonchev–Trinajstić information content (AvgIpc) is 3.39. The molecule has 1 unspecified atom stereocenters. The first-order valence-electron chi connectivity index (χ1n) is 13.7. The fraction of sp³-hybridized carbons (Fsp3) is 0.433. The summed E-state index contributed by atoms with van der Waals surface area (Å²) in [5, 5.41) is 9.76. The molecule has 6 atom stereocenters. The van der Waals surface area contributed by atoms with Gasteiger partial charge in [0.25, 0.3) is 0 Å². The average molecular weight is 498 g/mol. The van der Waals surface area contributed by atoms with Gasteiger partial charge in [0.2, 0.25) is 5.91 Å². The lowest BCUT2D eigenvalue weighted by Crippen LogP contribution is -2.51. The van der Waals surface area contributed by atoms with Crippen LogP contribution in [-0.2, 0) is 4.79 Å². The van der Waals surface area contributed by atoms with Gasteiger partial charge in [0.1, 0.15) is 5.82 Å². The van der Waals surface area contributed by atoms with Crippen molar-refractivity contribution in [2.24, 2.45) is 17.8 Å². The summed E-state index contributed by atoms with van der Waals surface area (Å²) in [7, 11) is 0. The summed E-state index contributed by atoms with van der Waals surface area (Å²) >= 11 is 0. The molecule has 1 saturated heterocycles. The molecule has 1 aromatic heterocycles. The second-order valence-corrected chi connectivity index (χ2v) is 10.7. The van der Waals surface area contributed by atoms with Crippen molar-refractivity contribution in [2.45, 2.75) is 56.7 Å². The second kappa shape index (κ2) is 10.4. The molecule has 2 aliphatic heterocycles. The number of carbonyl (C=O) groups is 2. The van der Waals surface area contributed by atoms with Crippen LogP contribution < -0.4 is 16.0 Å². The largest absolute Gasteiger partial charge is 0.381 e. The second-order valence-electron chi connectivity index (χ2n) is 10.7. The number of aromatic nitrogens is 1. The number of rotatable bonds is 4. The maximum Gasteiger partial charge on any atom is 0.320 e. The maximum atomic E-state index is 14.2. The molecule has 2 aliphatic carbocycles. The van der Waals surface area contributed by atoms with Crippen LogP contribution in [0.15, 0.2) is 73.0 Å². The van der Waals surface area contributed by atoms with E-state index in [0.29, 0.717) is 23.7 Å². The molecule has 2 aromatic rings. The molecule has 192 valence electrons. The van der Waals surface area contributed by atoms with Crippen molar-refractivity contribution in [1.82, 2.24) is 15.2 Å². The minimum Gasteiger partial charge on any atom is -0.381 e. The molecule has 0 bridgehead atoms. The van der Waals surface area contributed by atoms with E-state index in [1.54, 1.807) is 12.3 Å². The van der Waals surface area contributed by atoms with E-state index in [2.05, 4.69) is 74.4 Å². The topological polar surface area (TPSA) is 86.4 Å². The summed E-state index contributed by atoms with van der Waals surface area (Å²) in [6, 6.07) is 13.8. The van der Waals surface area contributed by atoms with Crippen molar-refractivity contribution in [2.75, 3.05) is 17.2 Å². The van der Waals surface area contributed by atoms with Crippen LogP contribution in [-0.4, -0.2) is 40.5 Å². The van der Waals surface area contributed by atoms with Crippen LogP contribution in [0.5, 0.6) is 0 Å². The van der Waals surface area contributed by atoms with Gasteiger partial charge in [-0.05, 0) is 49.4 Å². The monoisotopic (exact) mass is 497 g/mol. The number of hydrogen-bond donors (Lipinski definition) is 3. The fourth-order valence-electron chi connectivity index (χ4n) is 6.87. The van der Waals surface area contributed by atoms with E-state index in [0.717, 1.165) is 50.8 Å². The Bertz CT molecular complexity index is 1200. The van der Waals surface area contributed by atoms with E-state index in [9.17, 15) is 9.59 Å². The number of amides is 3. The molecule has 7 heteroatoms. The number of pyridine rings is 1. The van der Waals surface area contributed by atoms with Crippen molar-refractivity contribution in [1.29, 1.82) is 0 Å². The Labute approximate surface area is 218 Å². The van der Waals surface area contributed by atoms with Crippen LogP contribution in [0.4, 0.5) is 16.3 Å². The van der Waals surface area contributed by atoms with E-state index >= 15 is 0 Å². The number of hydrogen-bond acceptors (Lipinski definition) is 4. The van der Waals surface area contributed by atoms with E-state index in [4.69, 9.17) is 0 Å². The Morgan fingerprint density at radius 3 is 2.70 bits per heavy atom. The normalized spacial score (nSPS) is 30.1. The van der Waals surface area contributed by atoms with Crippen molar-refractivity contribution >= 4 is 23.4 Å². The molecule has 4 aliphatic rings. The van der Waals surface area contributed by atoms with Gasteiger partial charge >= 0.3 is 6.03 Å². The number of benzene rings is 1. The Kier molecular flexibility index (Phi) is 6.68. The van der Waals surface area contributed by atoms with E-state index < -0.39 is 0 Å². The summed E-state index contributed by atoms with van der Waals surface area (Å²) in [5.74, 6) is 1.26. The van der Waals surface area contributed by atoms with Crippen LogP contribution in [0.1, 0.15) is 50.1 Å². The van der Waals surface area contributed by atoms with Gasteiger partial charge in [-0.2, -0.15) is 0 Å². The number of carbonyl (C=O) groups excluding carboxylic acids is 2. The number of para-hydroxylation sites is 1. The summed E-state index contributed by atoms with van der Waals surface area (Å²) in [5.41, 5.74) is 2.36. The van der Waals surface area contributed by atoms with Crippen LogP contribution >= 0.6 is 0 Å². The van der Waals surface area contributed by atoms with Crippen molar-refractivity contribution in [3.05, 3.63) is 78.5 Å². The standard InChI is InChI=1S/C30H35N5O2/c36-29(22-13-5-7-15-25(22)33-30(37)34-26-16-8-9-18-31-26)35-19-17-23-27(20-10-2-1-3-11-20)32-24-14-6-4-12-21(24)28(23)35/h1-4,6,8-10,12,14,16,18,20,22-23,25,27-28,32H,5,7,11,13,15,17,19H2,(H2,31,33,34,37)/t20?,22-,23+,25+,27-,28-/m0/s1. The minimum atomic E-state index is -0.299. The van der Waals surface area contributed by atoms with Crippen LogP contribution in [0, 0.1) is 17.8 Å². The molecular weight excluding hydrogens is 462 g/mol. The van der Waals surface area contributed by atoms with Gasteiger partial charge in [0, 0.05) is 42.3 Å². The Hall–Kier alpha value is -3.61. The number of nitrogens with zero attached hydrogens (tertiary/aromatic N) is 2. The Morgan fingerprint density at radius 2 is 1.86 bits per heavy atom. The lowest BCUT2D eigenvalue weighted by molar-refractivity contribution is -0.138. The highest BCUT2D eigenvalue weighted by Gasteiger charge is 2.49. The van der Waals surface area contributed by atoms with Crippen LogP contribution in [0.2, 0.25) is 0 Å². The minimum absolute atomic E-state index is 0.0687. The third-order valence-corrected chi connectivity index (χ3v) is 8.57. The van der Waals surface area contributed by atoms with E-state index in [1.165, 1.54) is 5.56 Å². The number of nitrogens with one attached hydrogen (secondary N) is 3. The number of fused-ring (bicyclic) bond motifs is 3. The van der Waals surface area contributed by atoms with Gasteiger partial charge in [-0.3, -0.25) is 10.1 Å². The van der Waals surface area contributed by atoms with Crippen molar-refractivity contribution in [3.63, 3.8) is 0 Å². The Balaban J connectivity index is 1.22. The molecule has 0 radical (unpaired) electrons. The van der Waals surface area contributed by atoms with E-state index in [-0.39, 0.29) is 29.9 Å². The first-order chi connectivity index (χ1) is 18.2. The SMILES string of the molecule is O=C(Nc1ccccn1)N[C@@H]1CCCC[C@@H]1C(=O)N1CC[C@@H]2[C@H](C3C=CC=CC3)Nc3ccccc3[C@@H]21. The number of likely N-dealkylation sites (tertiary alicyclic amines) is 1. The highest BCUT2D eigenvalue weighted by molar-refractivity contribution is 5.89.